The minimum atomic E-state index is 0.0581. The van der Waals surface area contributed by atoms with E-state index >= 15 is 0 Å². The number of ether oxygens (including phenoxy) is 1. The van der Waals surface area contributed by atoms with Crippen molar-refractivity contribution in [1.29, 1.82) is 0 Å². The van der Waals surface area contributed by atoms with Gasteiger partial charge in [0.15, 0.2) is 0 Å². The van der Waals surface area contributed by atoms with Crippen LogP contribution in [0.3, 0.4) is 0 Å². The molecule has 0 bridgehead atoms. The maximum atomic E-state index is 6.12. The molecular formula is C19H25NO. The van der Waals surface area contributed by atoms with E-state index in [9.17, 15) is 0 Å². The van der Waals surface area contributed by atoms with Gasteiger partial charge in [-0.25, -0.2) is 0 Å². The molecule has 2 heteroatoms. The maximum Gasteiger partial charge on any atom is 0.131 e. The fourth-order valence-corrected chi connectivity index (χ4v) is 2.35. The quantitative estimate of drug-likeness (QED) is 0.891. The molecule has 0 amide bonds. The third kappa shape index (κ3) is 4.08. The molecule has 2 aromatic rings. The second-order valence-electron chi connectivity index (χ2n) is 6.53. The van der Waals surface area contributed by atoms with Crippen molar-refractivity contribution in [3.63, 3.8) is 0 Å². The Morgan fingerprint density at radius 1 is 1.00 bits per heavy atom. The Bertz CT molecular complexity index is 594. The number of aryl methyl sites for hydroxylation is 1. The Hall–Kier alpha value is -1.80. The van der Waals surface area contributed by atoms with Crippen LogP contribution in [0.15, 0.2) is 42.5 Å². The fraction of sp³-hybridized carbons (Fsp3) is 0.368. The fourth-order valence-electron chi connectivity index (χ4n) is 2.35. The summed E-state index contributed by atoms with van der Waals surface area (Å²) in [5.41, 5.74) is 9.30. The largest absolute Gasteiger partial charge is 0.457 e. The van der Waals surface area contributed by atoms with Gasteiger partial charge in [-0.1, -0.05) is 45.0 Å². The normalized spacial score (nSPS) is 11.5. The molecular weight excluding hydrogens is 258 g/mol. The van der Waals surface area contributed by atoms with Crippen molar-refractivity contribution in [3.8, 4) is 11.5 Å². The minimum Gasteiger partial charge on any atom is -0.457 e. The highest BCUT2D eigenvalue weighted by molar-refractivity contribution is 5.44. The van der Waals surface area contributed by atoms with E-state index in [-0.39, 0.29) is 5.41 Å². The summed E-state index contributed by atoms with van der Waals surface area (Å²) in [4.78, 5) is 0. The van der Waals surface area contributed by atoms with Gasteiger partial charge in [-0.05, 0) is 54.6 Å². The van der Waals surface area contributed by atoms with E-state index in [0.29, 0.717) is 6.54 Å². The first-order chi connectivity index (χ1) is 9.90. The third-order valence-corrected chi connectivity index (χ3v) is 3.53. The average molecular weight is 283 g/mol. The van der Waals surface area contributed by atoms with Crippen molar-refractivity contribution >= 4 is 0 Å². The zero-order chi connectivity index (χ0) is 15.5. The molecule has 0 aliphatic rings. The van der Waals surface area contributed by atoms with Gasteiger partial charge in [0.05, 0.1) is 0 Å². The van der Waals surface area contributed by atoms with Gasteiger partial charge >= 0.3 is 0 Å². The number of nitrogens with two attached hydrogens (primary N) is 1. The highest BCUT2D eigenvalue weighted by Gasteiger charge is 2.19. The molecule has 2 rings (SSSR count). The Kier molecular flexibility index (Phi) is 4.69. The van der Waals surface area contributed by atoms with E-state index in [0.717, 1.165) is 17.9 Å². The molecule has 0 spiro atoms. The van der Waals surface area contributed by atoms with E-state index in [2.05, 4.69) is 58.0 Å². The van der Waals surface area contributed by atoms with Crippen LogP contribution in [0.25, 0.3) is 0 Å². The lowest BCUT2D eigenvalue weighted by molar-refractivity contribution is 0.455. The summed E-state index contributed by atoms with van der Waals surface area (Å²) in [7, 11) is 0. The van der Waals surface area contributed by atoms with E-state index < -0.39 is 0 Å². The minimum absolute atomic E-state index is 0.0581. The highest BCUT2D eigenvalue weighted by Crippen LogP contribution is 2.34. The van der Waals surface area contributed by atoms with Crippen molar-refractivity contribution in [2.45, 2.75) is 39.5 Å². The number of hydrogen-bond donors (Lipinski definition) is 1. The smallest absolute Gasteiger partial charge is 0.131 e. The lowest BCUT2D eigenvalue weighted by Gasteiger charge is -2.23. The Morgan fingerprint density at radius 3 is 2.24 bits per heavy atom. The Balaban J connectivity index is 2.28. The molecule has 0 heterocycles. The SMILES string of the molecule is Cc1ccc(C(C)(C)C)c(Oc2ccc(CCN)cc2)c1. The number of benzene rings is 2. The second-order valence-corrected chi connectivity index (χ2v) is 6.53. The first-order valence-corrected chi connectivity index (χ1v) is 7.48. The van der Waals surface area contributed by atoms with Crippen molar-refractivity contribution in [3.05, 3.63) is 59.2 Å². The van der Waals surface area contributed by atoms with Gasteiger partial charge in [-0.3, -0.25) is 0 Å². The van der Waals surface area contributed by atoms with Gasteiger partial charge in [-0.15, -0.1) is 0 Å². The summed E-state index contributed by atoms with van der Waals surface area (Å²) >= 11 is 0. The lowest BCUT2D eigenvalue weighted by Crippen LogP contribution is -2.12. The van der Waals surface area contributed by atoms with Crippen LogP contribution in [0.1, 0.15) is 37.5 Å². The molecule has 0 aromatic heterocycles. The van der Waals surface area contributed by atoms with Gasteiger partial charge in [0.1, 0.15) is 11.5 Å². The summed E-state index contributed by atoms with van der Waals surface area (Å²) in [5.74, 6) is 1.81. The summed E-state index contributed by atoms with van der Waals surface area (Å²) < 4.78 is 6.12. The van der Waals surface area contributed by atoms with Crippen molar-refractivity contribution in [1.82, 2.24) is 0 Å². The van der Waals surface area contributed by atoms with Crippen LogP contribution in [-0.2, 0) is 11.8 Å². The standard InChI is InChI=1S/C19H25NO/c1-14-5-10-17(19(2,3)4)18(13-14)21-16-8-6-15(7-9-16)11-12-20/h5-10,13H,11-12,20H2,1-4H3. The number of hydrogen-bond acceptors (Lipinski definition) is 2. The lowest BCUT2D eigenvalue weighted by atomic mass is 9.86. The van der Waals surface area contributed by atoms with Gasteiger partial charge < -0.3 is 10.5 Å². The zero-order valence-electron chi connectivity index (χ0n) is 13.4. The van der Waals surface area contributed by atoms with Crippen LogP contribution in [0, 0.1) is 6.92 Å². The molecule has 2 aromatic carbocycles. The molecule has 21 heavy (non-hydrogen) atoms. The number of rotatable bonds is 4. The van der Waals surface area contributed by atoms with E-state index in [1.165, 1.54) is 16.7 Å². The molecule has 0 saturated heterocycles. The van der Waals surface area contributed by atoms with Crippen LogP contribution in [0.5, 0.6) is 11.5 Å². The van der Waals surface area contributed by atoms with E-state index in [4.69, 9.17) is 10.5 Å². The summed E-state index contributed by atoms with van der Waals surface area (Å²) in [6, 6.07) is 14.6. The average Bonchev–Trinajstić information content (AvgIpc) is 2.40. The predicted molar refractivity (Wildman–Crippen MR) is 89.2 cm³/mol. The first kappa shape index (κ1) is 15.6. The van der Waals surface area contributed by atoms with E-state index in [1.807, 2.05) is 12.1 Å². The van der Waals surface area contributed by atoms with Gasteiger partial charge in [0.25, 0.3) is 0 Å². The molecule has 0 aliphatic carbocycles. The monoisotopic (exact) mass is 283 g/mol. The van der Waals surface area contributed by atoms with Crippen LogP contribution < -0.4 is 10.5 Å². The van der Waals surface area contributed by atoms with Crippen molar-refractivity contribution < 1.29 is 4.74 Å². The Morgan fingerprint density at radius 2 is 1.67 bits per heavy atom. The van der Waals surface area contributed by atoms with Crippen molar-refractivity contribution in [2.24, 2.45) is 5.73 Å². The molecule has 0 unspecified atom stereocenters. The van der Waals surface area contributed by atoms with Gasteiger partial charge in [-0.2, -0.15) is 0 Å². The summed E-state index contributed by atoms with van der Waals surface area (Å²) in [6.07, 6.45) is 0.901. The summed E-state index contributed by atoms with van der Waals surface area (Å²) in [6.45, 7) is 9.37. The topological polar surface area (TPSA) is 35.2 Å². The second kappa shape index (κ2) is 6.31. The Labute approximate surface area is 127 Å². The van der Waals surface area contributed by atoms with E-state index in [1.54, 1.807) is 0 Å². The molecule has 0 saturated carbocycles. The van der Waals surface area contributed by atoms with Crippen LogP contribution in [0.2, 0.25) is 0 Å². The summed E-state index contributed by atoms with van der Waals surface area (Å²) in [5, 5.41) is 0. The molecule has 2 nitrogen and oxygen atoms in total. The molecule has 0 radical (unpaired) electrons. The zero-order valence-corrected chi connectivity index (χ0v) is 13.4. The van der Waals surface area contributed by atoms with Gasteiger partial charge in [0, 0.05) is 5.56 Å². The molecule has 0 fully saturated rings. The first-order valence-electron chi connectivity index (χ1n) is 7.48. The predicted octanol–water partition coefficient (Wildman–Crippen LogP) is 4.59. The van der Waals surface area contributed by atoms with Crippen molar-refractivity contribution in [2.75, 3.05) is 6.54 Å². The third-order valence-electron chi connectivity index (χ3n) is 3.53. The maximum absolute atomic E-state index is 6.12. The van der Waals surface area contributed by atoms with Crippen LogP contribution >= 0.6 is 0 Å². The van der Waals surface area contributed by atoms with Gasteiger partial charge in [0.2, 0.25) is 0 Å². The highest BCUT2D eigenvalue weighted by atomic mass is 16.5. The molecule has 0 aliphatic heterocycles. The van der Waals surface area contributed by atoms with Crippen LogP contribution in [0.4, 0.5) is 0 Å². The van der Waals surface area contributed by atoms with Crippen LogP contribution in [-0.4, -0.2) is 6.54 Å². The molecule has 2 N–H and O–H groups in total. The molecule has 112 valence electrons. The molecule has 0 atom stereocenters.